The highest BCUT2D eigenvalue weighted by molar-refractivity contribution is 7.89. The number of benzene rings is 1. The molecule has 4 N–H and O–H groups in total. The Bertz CT molecular complexity index is 589. The third-order valence-corrected chi connectivity index (χ3v) is 3.96. The maximum Gasteiger partial charge on any atom is 0.241 e. The van der Waals surface area contributed by atoms with Crippen LogP contribution in [0.15, 0.2) is 23.1 Å². The van der Waals surface area contributed by atoms with Crippen LogP contribution < -0.4 is 20.5 Å². The van der Waals surface area contributed by atoms with E-state index in [1.165, 1.54) is 32.4 Å². The first-order valence-corrected chi connectivity index (χ1v) is 7.58. The first kappa shape index (κ1) is 17.2. The number of hydrogen-bond acceptors (Lipinski definition) is 6. The molecule has 0 heterocycles. The van der Waals surface area contributed by atoms with E-state index in [0.29, 0.717) is 18.9 Å². The zero-order valence-electron chi connectivity index (χ0n) is 11.9. The van der Waals surface area contributed by atoms with Crippen molar-refractivity contribution in [1.82, 2.24) is 10.0 Å². The molecule has 1 aromatic carbocycles. The van der Waals surface area contributed by atoms with Crippen molar-refractivity contribution in [2.75, 3.05) is 39.6 Å². The van der Waals surface area contributed by atoms with E-state index in [1.807, 2.05) is 0 Å². The van der Waals surface area contributed by atoms with Crippen molar-refractivity contribution in [2.24, 2.45) is 0 Å². The summed E-state index contributed by atoms with van der Waals surface area (Å²) in [6.45, 7) is 0.304. The SMILES string of the molecule is COCCNC(=O)CNS(=O)(=O)c1ccc(OC)c(N)c1. The Morgan fingerprint density at radius 2 is 2.05 bits per heavy atom. The normalized spacial score (nSPS) is 11.1. The number of rotatable bonds is 8. The molecular formula is C12H19N3O5S. The molecule has 1 amide bonds. The summed E-state index contributed by atoms with van der Waals surface area (Å²) in [6.07, 6.45) is 0. The third kappa shape index (κ3) is 5.21. The third-order valence-electron chi connectivity index (χ3n) is 2.56. The number of carbonyl (C=O) groups excluding carboxylic acids is 1. The van der Waals surface area contributed by atoms with E-state index in [4.69, 9.17) is 15.2 Å². The van der Waals surface area contributed by atoms with Gasteiger partial charge in [-0.15, -0.1) is 0 Å². The summed E-state index contributed by atoms with van der Waals surface area (Å²) in [5.41, 5.74) is 5.85. The number of methoxy groups -OCH3 is 2. The van der Waals surface area contributed by atoms with Crippen LogP contribution in [0.5, 0.6) is 5.75 Å². The molecule has 0 aromatic heterocycles. The van der Waals surface area contributed by atoms with Crippen molar-refractivity contribution in [2.45, 2.75) is 4.90 Å². The molecule has 0 saturated carbocycles. The summed E-state index contributed by atoms with van der Waals surface area (Å²) in [4.78, 5) is 11.4. The van der Waals surface area contributed by atoms with E-state index in [0.717, 1.165) is 0 Å². The number of nitrogens with one attached hydrogen (secondary N) is 2. The van der Waals surface area contributed by atoms with E-state index in [-0.39, 0.29) is 17.1 Å². The number of sulfonamides is 1. The predicted molar refractivity (Wildman–Crippen MR) is 77.5 cm³/mol. The number of nitrogens with two attached hydrogens (primary N) is 1. The highest BCUT2D eigenvalue weighted by atomic mass is 32.2. The molecule has 0 fully saturated rings. The lowest BCUT2D eigenvalue weighted by Gasteiger charge is -2.09. The Kier molecular flexibility index (Phi) is 6.40. The Labute approximate surface area is 123 Å². The number of carbonyl (C=O) groups is 1. The summed E-state index contributed by atoms with van der Waals surface area (Å²) in [6, 6.07) is 4.06. The highest BCUT2D eigenvalue weighted by Gasteiger charge is 2.16. The van der Waals surface area contributed by atoms with Gasteiger partial charge in [-0.25, -0.2) is 13.1 Å². The van der Waals surface area contributed by atoms with Crippen LogP contribution in [0.4, 0.5) is 5.69 Å². The second-order valence-corrected chi connectivity index (χ2v) is 5.84. The largest absolute Gasteiger partial charge is 0.495 e. The number of anilines is 1. The van der Waals surface area contributed by atoms with Crippen LogP contribution in [0.1, 0.15) is 0 Å². The molecule has 0 unspecified atom stereocenters. The van der Waals surface area contributed by atoms with Crippen LogP contribution in [0, 0.1) is 0 Å². The molecule has 1 aromatic rings. The fraction of sp³-hybridized carbons (Fsp3) is 0.417. The number of amides is 1. The average Bonchev–Trinajstić information content (AvgIpc) is 2.45. The lowest BCUT2D eigenvalue weighted by Crippen LogP contribution is -2.38. The number of nitrogen functional groups attached to an aromatic ring is 1. The van der Waals surface area contributed by atoms with Gasteiger partial charge in [0.2, 0.25) is 15.9 Å². The van der Waals surface area contributed by atoms with Gasteiger partial charge in [-0.2, -0.15) is 0 Å². The van der Waals surface area contributed by atoms with Gasteiger partial charge >= 0.3 is 0 Å². The van der Waals surface area contributed by atoms with Gasteiger partial charge in [-0.1, -0.05) is 0 Å². The minimum Gasteiger partial charge on any atom is -0.495 e. The van der Waals surface area contributed by atoms with E-state index in [1.54, 1.807) is 0 Å². The van der Waals surface area contributed by atoms with Gasteiger partial charge in [0.1, 0.15) is 5.75 Å². The summed E-state index contributed by atoms with van der Waals surface area (Å²) < 4.78 is 35.9. The Balaban J connectivity index is 2.65. The summed E-state index contributed by atoms with van der Waals surface area (Å²) in [7, 11) is -0.875. The lowest BCUT2D eigenvalue weighted by atomic mass is 10.3. The zero-order valence-corrected chi connectivity index (χ0v) is 12.7. The number of hydrogen-bond donors (Lipinski definition) is 3. The van der Waals surface area contributed by atoms with E-state index in [2.05, 4.69) is 10.0 Å². The van der Waals surface area contributed by atoms with E-state index >= 15 is 0 Å². The van der Waals surface area contributed by atoms with Gasteiger partial charge in [-0.3, -0.25) is 4.79 Å². The summed E-state index contributed by atoms with van der Waals surface area (Å²) in [5, 5.41) is 2.50. The second kappa shape index (κ2) is 7.81. The summed E-state index contributed by atoms with van der Waals surface area (Å²) in [5.74, 6) is -0.0663. The standard InChI is InChI=1S/C12H19N3O5S/c1-19-6-5-14-12(16)8-15-21(17,18)9-3-4-11(20-2)10(13)7-9/h3-4,7,15H,5-6,8,13H2,1-2H3,(H,14,16). The molecule has 0 bridgehead atoms. The maximum atomic E-state index is 12.0. The fourth-order valence-electron chi connectivity index (χ4n) is 1.48. The molecule has 0 aliphatic heterocycles. The van der Waals surface area contributed by atoms with Crippen molar-refractivity contribution in [3.8, 4) is 5.75 Å². The predicted octanol–water partition coefficient (Wildman–Crippen LogP) is -0.682. The average molecular weight is 317 g/mol. The van der Waals surface area contributed by atoms with Gasteiger partial charge in [0.15, 0.2) is 0 Å². The van der Waals surface area contributed by atoms with Crippen molar-refractivity contribution < 1.29 is 22.7 Å². The van der Waals surface area contributed by atoms with Crippen molar-refractivity contribution >= 4 is 21.6 Å². The molecule has 0 saturated heterocycles. The molecule has 1 rings (SSSR count). The molecular weight excluding hydrogens is 298 g/mol. The molecule has 0 atom stereocenters. The van der Waals surface area contributed by atoms with Gasteiger partial charge in [-0.05, 0) is 18.2 Å². The second-order valence-electron chi connectivity index (χ2n) is 4.07. The molecule has 118 valence electrons. The van der Waals surface area contributed by atoms with Crippen LogP contribution in [0.25, 0.3) is 0 Å². The fourth-order valence-corrected chi connectivity index (χ4v) is 2.50. The van der Waals surface area contributed by atoms with Gasteiger partial charge in [0.05, 0.1) is 30.8 Å². The van der Waals surface area contributed by atoms with Crippen molar-refractivity contribution in [3.05, 3.63) is 18.2 Å². The molecule has 0 aliphatic rings. The number of ether oxygens (including phenoxy) is 2. The Hall–Kier alpha value is -1.84. The minimum atomic E-state index is -3.81. The first-order valence-electron chi connectivity index (χ1n) is 6.09. The lowest BCUT2D eigenvalue weighted by molar-refractivity contribution is -0.120. The van der Waals surface area contributed by atoms with Crippen LogP contribution in [-0.2, 0) is 19.6 Å². The summed E-state index contributed by atoms with van der Waals surface area (Å²) >= 11 is 0. The molecule has 21 heavy (non-hydrogen) atoms. The van der Waals surface area contributed by atoms with Crippen molar-refractivity contribution in [3.63, 3.8) is 0 Å². The molecule has 0 spiro atoms. The van der Waals surface area contributed by atoms with Gasteiger partial charge in [0.25, 0.3) is 0 Å². The highest BCUT2D eigenvalue weighted by Crippen LogP contribution is 2.24. The van der Waals surface area contributed by atoms with E-state index < -0.39 is 15.9 Å². The maximum absolute atomic E-state index is 12.0. The molecule has 0 radical (unpaired) electrons. The zero-order chi connectivity index (χ0) is 15.9. The monoisotopic (exact) mass is 317 g/mol. The Morgan fingerprint density at radius 3 is 2.62 bits per heavy atom. The molecule has 0 aliphatic carbocycles. The Morgan fingerprint density at radius 1 is 1.33 bits per heavy atom. The smallest absolute Gasteiger partial charge is 0.241 e. The van der Waals surface area contributed by atoms with Gasteiger partial charge < -0.3 is 20.5 Å². The van der Waals surface area contributed by atoms with Crippen LogP contribution in [0.3, 0.4) is 0 Å². The molecule has 8 nitrogen and oxygen atoms in total. The van der Waals surface area contributed by atoms with Gasteiger partial charge in [0, 0.05) is 13.7 Å². The topological polar surface area (TPSA) is 120 Å². The quantitative estimate of drug-likeness (QED) is 0.431. The van der Waals surface area contributed by atoms with Crippen LogP contribution in [0.2, 0.25) is 0 Å². The van der Waals surface area contributed by atoms with Crippen LogP contribution >= 0.6 is 0 Å². The first-order chi connectivity index (χ1) is 9.90. The molecule has 9 heteroatoms. The van der Waals surface area contributed by atoms with E-state index in [9.17, 15) is 13.2 Å². The van der Waals surface area contributed by atoms with Crippen LogP contribution in [-0.4, -0.2) is 48.2 Å². The minimum absolute atomic E-state index is 0.0366. The van der Waals surface area contributed by atoms with Crippen molar-refractivity contribution in [1.29, 1.82) is 0 Å².